The molecular formula is C13H19N3O2S. The van der Waals surface area contributed by atoms with Gasteiger partial charge in [-0.1, -0.05) is 18.7 Å². The molecule has 2 aliphatic heterocycles. The lowest BCUT2D eigenvalue weighted by molar-refractivity contribution is 0.122. The van der Waals surface area contributed by atoms with Crippen LogP contribution in [0.15, 0.2) is 9.95 Å². The summed E-state index contributed by atoms with van der Waals surface area (Å²) in [5.41, 5.74) is 1.01. The van der Waals surface area contributed by atoms with Crippen LogP contribution in [0.25, 0.3) is 0 Å². The predicted octanol–water partition coefficient (Wildman–Crippen LogP) is 1.14. The summed E-state index contributed by atoms with van der Waals surface area (Å²) >= 11 is 1.69. The molecule has 3 rings (SSSR count). The van der Waals surface area contributed by atoms with Crippen molar-refractivity contribution in [3.63, 3.8) is 0 Å². The fourth-order valence-electron chi connectivity index (χ4n) is 2.60. The number of anilines is 1. The summed E-state index contributed by atoms with van der Waals surface area (Å²) in [5.74, 6) is 1.94. The molecule has 1 aromatic rings. The van der Waals surface area contributed by atoms with E-state index < -0.39 is 0 Å². The number of rotatable bonds is 2. The van der Waals surface area contributed by atoms with Gasteiger partial charge in [-0.05, 0) is 12.8 Å². The van der Waals surface area contributed by atoms with Crippen molar-refractivity contribution in [2.75, 3.05) is 37.0 Å². The van der Waals surface area contributed by atoms with Crippen LogP contribution in [-0.2, 0) is 17.7 Å². The Morgan fingerprint density at radius 2 is 2.11 bits per heavy atom. The highest BCUT2D eigenvalue weighted by Crippen LogP contribution is 2.26. The number of thioether (sulfide) groups is 1. The highest BCUT2D eigenvalue weighted by Gasteiger charge is 2.23. The van der Waals surface area contributed by atoms with Crippen molar-refractivity contribution in [3.8, 4) is 0 Å². The normalized spacial score (nSPS) is 19.3. The SMILES string of the molecule is CCc1c(N2CCOCC2)nc2n(c1=O)CCCS2. The van der Waals surface area contributed by atoms with Crippen molar-refractivity contribution < 1.29 is 4.74 Å². The molecular weight excluding hydrogens is 262 g/mol. The minimum absolute atomic E-state index is 0.154. The maximum Gasteiger partial charge on any atom is 0.259 e. The molecule has 1 aromatic heterocycles. The van der Waals surface area contributed by atoms with Crippen molar-refractivity contribution in [2.45, 2.75) is 31.5 Å². The van der Waals surface area contributed by atoms with Gasteiger partial charge in [-0.15, -0.1) is 0 Å². The summed E-state index contributed by atoms with van der Waals surface area (Å²) in [4.78, 5) is 19.5. The first-order valence-corrected chi connectivity index (χ1v) is 7.89. The number of fused-ring (bicyclic) bond motifs is 1. The summed E-state index contributed by atoms with van der Waals surface area (Å²) in [6.45, 7) is 5.93. The Morgan fingerprint density at radius 3 is 2.84 bits per heavy atom. The van der Waals surface area contributed by atoms with Gasteiger partial charge >= 0.3 is 0 Å². The molecule has 3 heterocycles. The maximum absolute atomic E-state index is 12.6. The van der Waals surface area contributed by atoms with Gasteiger partial charge in [0.25, 0.3) is 5.56 Å². The average Bonchev–Trinajstić information content (AvgIpc) is 2.48. The largest absolute Gasteiger partial charge is 0.378 e. The van der Waals surface area contributed by atoms with Gasteiger partial charge in [0.05, 0.1) is 18.8 Å². The predicted molar refractivity (Wildman–Crippen MR) is 76.2 cm³/mol. The maximum atomic E-state index is 12.6. The molecule has 0 amide bonds. The first-order valence-electron chi connectivity index (χ1n) is 6.90. The Hall–Kier alpha value is -1.01. The molecule has 0 atom stereocenters. The molecule has 1 fully saturated rings. The van der Waals surface area contributed by atoms with Crippen LogP contribution in [0.2, 0.25) is 0 Å². The van der Waals surface area contributed by atoms with Gasteiger partial charge in [0.15, 0.2) is 5.16 Å². The minimum Gasteiger partial charge on any atom is -0.378 e. The molecule has 0 radical (unpaired) electrons. The van der Waals surface area contributed by atoms with Gasteiger partial charge in [0, 0.05) is 25.4 Å². The minimum atomic E-state index is 0.154. The number of morpholine rings is 1. The van der Waals surface area contributed by atoms with Crippen LogP contribution in [0, 0.1) is 0 Å². The van der Waals surface area contributed by atoms with E-state index in [1.165, 1.54) is 0 Å². The van der Waals surface area contributed by atoms with E-state index in [4.69, 9.17) is 9.72 Å². The molecule has 0 unspecified atom stereocenters. The number of aromatic nitrogens is 2. The lowest BCUT2D eigenvalue weighted by Gasteiger charge is -2.30. The molecule has 1 saturated heterocycles. The lowest BCUT2D eigenvalue weighted by Crippen LogP contribution is -2.40. The smallest absolute Gasteiger partial charge is 0.259 e. The van der Waals surface area contributed by atoms with E-state index in [-0.39, 0.29) is 5.56 Å². The Morgan fingerprint density at radius 1 is 1.32 bits per heavy atom. The third kappa shape index (κ3) is 2.39. The molecule has 2 aliphatic rings. The molecule has 0 saturated carbocycles. The van der Waals surface area contributed by atoms with Crippen molar-refractivity contribution in [3.05, 3.63) is 15.9 Å². The fourth-order valence-corrected chi connectivity index (χ4v) is 3.54. The van der Waals surface area contributed by atoms with E-state index in [9.17, 15) is 4.79 Å². The third-order valence-corrected chi connectivity index (χ3v) is 4.69. The molecule has 0 N–H and O–H groups in total. The average molecular weight is 281 g/mol. The topological polar surface area (TPSA) is 47.4 Å². The zero-order chi connectivity index (χ0) is 13.2. The Bertz CT molecular complexity index is 523. The van der Waals surface area contributed by atoms with Gasteiger partial charge < -0.3 is 9.64 Å². The molecule has 104 valence electrons. The first-order chi connectivity index (χ1) is 9.31. The third-order valence-electron chi connectivity index (χ3n) is 3.63. The first kappa shape index (κ1) is 13.0. The molecule has 19 heavy (non-hydrogen) atoms. The van der Waals surface area contributed by atoms with Gasteiger partial charge in [-0.25, -0.2) is 4.98 Å². The highest BCUT2D eigenvalue weighted by atomic mass is 32.2. The molecule has 0 bridgehead atoms. The lowest BCUT2D eigenvalue weighted by atomic mass is 10.2. The van der Waals surface area contributed by atoms with E-state index in [0.717, 1.165) is 68.0 Å². The van der Waals surface area contributed by atoms with Gasteiger partial charge in [0.1, 0.15) is 5.82 Å². The van der Waals surface area contributed by atoms with E-state index in [0.29, 0.717) is 0 Å². The number of ether oxygens (including phenoxy) is 1. The molecule has 6 heteroatoms. The molecule has 0 aliphatic carbocycles. The van der Waals surface area contributed by atoms with Crippen LogP contribution in [-0.4, -0.2) is 41.6 Å². The van der Waals surface area contributed by atoms with E-state index in [1.807, 2.05) is 11.5 Å². The van der Waals surface area contributed by atoms with Crippen molar-refractivity contribution in [1.29, 1.82) is 0 Å². The van der Waals surface area contributed by atoms with E-state index >= 15 is 0 Å². The van der Waals surface area contributed by atoms with Gasteiger partial charge in [-0.3, -0.25) is 9.36 Å². The quantitative estimate of drug-likeness (QED) is 0.761. The Kier molecular flexibility index (Phi) is 3.79. The molecule has 0 aromatic carbocycles. The van der Waals surface area contributed by atoms with Crippen LogP contribution in [0.5, 0.6) is 0 Å². The second-order valence-corrected chi connectivity index (χ2v) is 5.87. The fraction of sp³-hybridized carbons (Fsp3) is 0.692. The Balaban J connectivity index is 2.07. The van der Waals surface area contributed by atoms with E-state index in [2.05, 4.69) is 4.90 Å². The van der Waals surface area contributed by atoms with Crippen LogP contribution in [0.3, 0.4) is 0 Å². The number of hydrogen-bond acceptors (Lipinski definition) is 5. The number of nitrogens with zero attached hydrogens (tertiary/aromatic N) is 3. The van der Waals surface area contributed by atoms with Gasteiger partial charge in [-0.2, -0.15) is 0 Å². The van der Waals surface area contributed by atoms with Crippen LogP contribution < -0.4 is 10.5 Å². The summed E-state index contributed by atoms with van der Waals surface area (Å²) in [5, 5.41) is 0.884. The second-order valence-electron chi connectivity index (χ2n) is 4.81. The summed E-state index contributed by atoms with van der Waals surface area (Å²) in [6, 6.07) is 0. The van der Waals surface area contributed by atoms with Crippen molar-refractivity contribution in [2.24, 2.45) is 0 Å². The van der Waals surface area contributed by atoms with Crippen LogP contribution in [0.4, 0.5) is 5.82 Å². The Labute approximate surface area is 117 Å². The highest BCUT2D eigenvalue weighted by molar-refractivity contribution is 7.99. The summed E-state index contributed by atoms with van der Waals surface area (Å²) in [7, 11) is 0. The van der Waals surface area contributed by atoms with Gasteiger partial charge in [0.2, 0.25) is 0 Å². The molecule has 0 spiro atoms. The second kappa shape index (κ2) is 5.54. The standard InChI is InChI=1S/C13H19N3O2S/c1-2-10-11(15-5-7-18-8-6-15)14-13-16(12(10)17)4-3-9-19-13/h2-9H2,1H3. The molecule has 5 nitrogen and oxygen atoms in total. The van der Waals surface area contributed by atoms with E-state index in [1.54, 1.807) is 11.8 Å². The van der Waals surface area contributed by atoms with Crippen LogP contribution in [0.1, 0.15) is 18.9 Å². The zero-order valence-electron chi connectivity index (χ0n) is 11.2. The zero-order valence-corrected chi connectivity index (χ0v) is 12.0. The van der Waals surface area contributed by atoms with Crippen LogP contribution >= 0.6 is 11.8 Å². The number of hydrogen-bond donors (Lipinski definition) is 0. The summed E-state index contributed by atoms with van der Waals surface area (Å²) in [6.07, 6.45) is 1.79. The monoisotopic (exact) mass is 281 g/mol. The summed E-state index contributed by atoms with van der Waals surface area (Å²) < 4.78 is 7.22. The van der Waals surface area contributed by atoms with Crippen molar-refractivity contribution in [1.82, 2.24) is 9.55 Å². The van der Waals surface area contributed by atoms with Crippen molar-refractivity contribution >= 4 is 17.6 Å².